The van der Waals surface area contributed by atoms with Crippen LogP contribution >= 0.6 is 11.8 Å². The van der Waals surface area contributed by atoms with Gasteiger partial charge in [0.2, 0.25) is 0 Å². The number of ether oxygens (including phenoxy) is 1. The smallest absolute Gasteiger partial charge is 0.319 e. The molecule has 0 heterocycles. The molecule has 146 valence electrons. The molecule has 2 aromatic carbocycles. The van der Waals surface area contributed by atoms with Crippen molar-refractivity contribution in [1.82, 2.24) is 5.32 Å². The number of benzene rings is 2. The molecule has 27 heavy (non-hydrogen) atoms. The average Bonchev–Trinajstić information content (AvgIpc) is 2.67. The van der Waals surface area contributed by atoms with Gasteiger partial charge in [0.15, 0.2) is 0 Å². The van der Waals surface area contributed by atoms with Gasteiger partial charge in [-0.25, -0.2) is 4.79 Å². The van der Waals surface area contributed by atoms with Crippen LogP contribution in [0.15, 0.2) is 47.4 Å². The highest BCUT2D eigenvalue weighted by molar-refractivity contribution is 7.99. The molecule has 0 fully saturated rings. The van der Waals surface area contributed by atoms with E-state index in [1.165, 1.54) is 4.90 Å². The zero-order chi connectivity index (χ0) is 19.6. The van der Waals surface area contributed by atoms with Crippen molar-refractivity contribution in [3.8, 4) is 0 Å². The number of anilines is 1. The van der Waals surface area contributed by atoms with Gasteiger partial charge in [-0.2, -0.15) is 0 Å². The number of hydrogen-bond acceptors (Lipinski definition) is 3. The van der Waals surface area contributed by atoms with Crippen molar-refractivity contribution in [3.05, 3.63) is 59.2 Å². The van der Waals surface area contributed by atoms with Gasteiger partial charge in [0.05, 0.1) is 6.61 Å². The second-order valence-corrected chi connectivity index (χ2v) is 8.04. The molecule has 0 aliphatic heterocycles. The van der Waals surface area contributed by atoms with E-state index in [2.05, 4.69) is 36.6 Å². The van der Waals surface area contributed by atoms with Crippen LogP contribution in [0.5, 0.6) is 0 Å². The Morgan fingerprint density at radius 1 is 1.15 bits per heavy atom. The molecule has 0 spiro atoms. The van der Waals surface area contributed by atoms with Crippen LogP contribution in [0.25, 0.3) is 0 Å². The van der Waals surface area contributed by atoms with Crippen LogP contribution in [0.4, 0.5) is 10.5 Å². The van der Waals surface area contributed by atoms with E-state index in [9.17, 15) is 4.79 Å². The Labute approximate surface area is 167 Å². The fourth-order valence-corrected chi connectivity index (χ4v) is 3.61. The number of thioether (sulfide) groups is 1. The van der Waals surface area contributed by atoms with Gasteiger partial charge in [-0.1, -0.05) is 38.1 Å². The summed E-state index contributed by atoms with van der Waals surface area (Å²) < 4.78 is 5.49. The molecule has 0 radical (unpaired) electrons. The monoisotopic (exact) mass is 386 g/mol. The van der Waals surface area contributed by atoms with Crippen molar-refractivity contribution in [2.45, 2.75) is 57.4 Å². The summed E-state index contributed by atoms with van der Waals surface area (Å²) in [4.78, 5) is 13.5. The third kappa shape index (κ3) is 6.92. The first-order valence-corrected chi connectivity index (χ1v) is 10.4. The van der Waals surface area contributed by atoms with E-state index in [4.69, 9.17) is 4.74 Å². The summed E-state index contributed by atoms with van der Waals surface area (Å²) in [5.41, 5.74) is 4.07. The Morgan fingerprint density at radius 2 is 1.89 bits per heavy atom. The first-order valence-electron chi connectivity index (χ1n) is 9.50. The van der Waals surface area contributed by atoms with E-state index in [1.807, 2.05) is 55.9 Å². The molecule has 2 amide bonds. The summed E-state index contributed by atoms with van der Waals surface area (Å²) in [5, 5.41) is 6.47. The third-order valence-electron chi connectivity index (χ3n) is 4.38. The molecule has 2 N–H and O–H groups in total. The summed E-state index contributed by atoms with van der Waals surface area (Å²) in [6, 6.07) is 14.0. The second-order valence-electron chi connectivity index (χ2n) is 6.53. The van der Waals surface area contributed by atoms with Crippen LogP contribution in [-0.2, 0) is 17.9 Å². The lowest BCUT2D eigenvalue weighted by Gasteiger charge is -2.14. The van der Waals surface area contributed by atoms with Gasteiger partial charge < -0.3 is 15.4 Å². The van der Waals surface area contributed by atoms with Crippen molar-refractivity contribution >= 4 is 23.5 Å². The third-order valence-corrected chi connectivity index (χ3v) is 5.64. The zero-order valence-corrected chi connectivity index (χ0v) is 17.5. The predicted molar refractivity (Wildman–Crippen MR) is 114 cm³/mol. The van der Waals surface area contributed by atoms with Crippen LogP contribution in [0.2, 0.25) is 0 Å². The van der Waals surface area contributed by atoms with Crippen LogP contribution in [0.1, 0.15) is 43.9 Å². The van der Waals surface area contributed by atoms with Gasteiger partial charge in [-0.3, -0.25) is 0 Å². The van der Waals surface area contributed by atoms with Gasteiger partial charge in [0, 0.05) is 29.0 Å². The number of urea groups is 1. The Balaban J connectivity index is 1.92. The first kappa shape index (κ1) is 21.3. The molecule has 0 aromatic heterocycles. The molecule has 0 bridgehead atoms. The van der Waals surface area contributed by atoms with Crippen LogP contribution < -0.4 is 10.6 Å². The van der Waals surface area contributed by atoms with E-state index in [1.54, 1.807) is 0 Å². The summed E-state index contributed by atoms with van der Waals surface area (Å²) in [6.45, 7) is 10.1. The maximum absolute atomic E-state index is 12.3. The fourth-order valence-electron chi connectivity index (χ4n) is 2.59. The maximum atomic E-state index is 12.3. The van der Waals surface area contributed by atoms with Crippen molar-refractivity contribution in [1.29, 1.82) is 0 Å². The van der Waals surface area contributed by atoms with Crippen molar-refractivity contribution in [3.63, 3.8) is 0 Å². The fraction of sp³-hybridized carbons (Fsp3) is 0.409. The average molecular weight is 387 g/mol. The minimum atomic E-state index is -0.202. The number of amides is 2. The molecule has 0 aliphatic rings. The van der Waals surface area contributed by atoms with Gasteiger partial charge in [-0.15, -0.1) is 11.8 Å². The summed E-state index contributed by atoms with van der Waals surface area (Å²) >= 11 is 1.86. The van der Waals surface area contributed by atoms with Gasteiger partial charge in [0.1, 0.15) is 0 Å². The standard InChI is InChI=1S/C22H30N2O2S/c1-5-17(4)27-20-11-12-21(16(3)13-20)24-22(25)23-14-18-9-7-8-10-19(18)15-26-6-2/h7-13,17H,5-6,14-15H2,1-4H3,(H2,23,24,25). The second kappa shape index (κ2) is 11.0. The number of hydrogen-bond donors (Lipinski definition) is 2. The molecule has 1 atom stereocenters. The van der Waals surface area contributed by atoms with Gasteiger partial charge >= 0.3 is 6.03 Å². The minimum Gasteiger partial charge on any atom is -0.377 e. The van der Waals surface area contributed by atoms with Gasteiger partial charge in [0.25, 0.3) is 0 Å². The quantitative estimate of drug-likeness (QED) is 0.540. The molecule has 5 heteroatoms. The Bertz CT molecular complexity index is 749. The first-order chi connectivity index (χ1) is 13.0. The van der Waals surface area contributed by atoms with Gasteiger partial charge in [-0.05, 0) is 55.2 Å². The molecule has 2 rings (SSSR count). The van der Waals surface area contributed by atoms with E-state index >= 15 is 0 Å². The molecule has 0 saturated carbocycles. The van der Waals surface area contributed by atoms with E-state index < -0.39 is 0 Å². The highest BCUT2D eigenvalue weighted by Gasteiger charge is 2.08. The van der Waals surface area contributed by atoms with Crippen molar-refractivity contribution < 1.29 is 9.53 Å². The lowest BCUT2D eigenvalue weighted by Crippen LogP contribution is -2.28. The van der Waals surface area contributed by atoms with Crippen LogP contribution in [0, 0.1) is 6.92 Å². The SMILES string of the molecule is CCOCc1ccccc1CNC(=O)Nc1ccc(SC(C)CC)cc1C. The molecular formula is C22H30N2O2S. The number of aryl methyl sites for hydroxylation is 1. The molecule has 0 saturated heterocycles. The Hall–Kier alpha value is -1.98. The van der Waals surface area contributed by atoms with Crippen molar-refractivity contribution in [2.75, 3.05) is 11.9 Å². The van der Waals surface area contributed by atoms with Crippen LogP contribution in [-0.4, -0.2) is 17.9 Å². The number of rotatable bonds is 9. The van der Waals surface area contributed by atoms with Crippen LogP contribution in [0.3, 0.4) is 0 Å². The highest BCUT2D eigenvalue weighted by atomic mass is 32.2. The largest absolute Gasteiger partial charge is 0.377 e. The van der Waals surface area contributed by atoms with E-state index in [0.29, 0.717) is 25.0 Å². The molecule has 4 nitrogen and oxygen atoms in total. The summed E-state index contributed by atoms with van der Waals surface area (Å²) in [5.74, 6) is 0. The van der Waals surface area contributed by atoms with E-state index in [-0.39, 0.29) is 6.03 Å². The predicted octanol–water partition coefficient (Wildman–Crippen LogP) is 5.74. The highest BCUT2D eigenvalue weighted by Crippen LogP contribution is 2.28. The normalized spacial score (nSPS) is 11.9. The topological polar surface area (TPSA) is 50.4 Å². The Morgan fingerprint density at radius 3 is 2.56 bits per heavy atom. The van der Waals surface area contributed by atoms with E-state index in [0.717, 1.165) is 28.8 Å². The molecule has 2 aromatic rings. The summed E-state index contributed by atoms with van der Waals surface area (Å²) in [6.07, 6.45) is 1.14. The maximum Gasteiger partial charge on any atom is 0.319 e. The molecule has 0 aliphatic carbocycles. The number of carbonyl (C=O) groups excluding carboxylic acids is 1. The lowest BCUT2D eigenvalue weighted by molar-refractivity contribution is 0.133. The number of nitrogens with one attached hydrogen (secondary N) is 2. The lowest BCUT2D eigenvalue weighted by atomic mass is 10.1. The Kier molecular flexibility index (Phi) is 8.69. The summed E-state index contributed by atoms with van der Waals surface area (Å²) in [7, 11) is 0. The minimum absolute atomic E-state index is 0.202. The van der Waals surface area contributed by atoms with Crippen molar-refractivity contribution in [2.24, 2.45) is 0 Å². The molecular weight excluding hydrogens is 356 g/mol. The molecule has 1 unspecified atom stereocenters. The number of carbonyl (C=O) groups is 1. The zero-order valence-electron chi connectivity index (χ0n) is 16.7.